The standard InChI is InChI=1S/C23H32N2O4/c26-22(25-17-8-4-3-5-9-17)16-24-15-14-19-18(20-12-13-21(19)29-20)10-6-1-2-7-11-23(27)28/h1,3-6,8-9,18-21,24H,2,7,10-16H2,(H,25,26)(H,27,28)/b6-1-/t18-,19+,20-,21+/m1/s1. The van der Waals surface area contributed by atoms with Gasteiger partial charge in [-0.1, -0.05) is 30.4 Å². The molecule has 0 aromatic heterocycles. The fraction of sp³-hybridized carbons (Fsp3) is 0.565. The predicted molar refractivity (Wildman–Crippen MR) is 113 cm³/mol. The number of anilines is 1. The molecular formula is C23H32N2O4. The van der Waals surface area contributed by atoms with Crippen LogP contribution in [0.25, 0.3) is 0 Å². The van der Waals surface area contributed by atoms with E-state index >= 15 is 0 Å². The Morgan fingerprint density at radius 3 is 2.62 bits per heavy atom. The molecular weight excluding hydrogens is 368 g/mol. The highest BCUT2D eigenvalue weighted by Gasteiger charge is 2.47. The molecule has 2 aliphatic heterocycles. The molecule has 6 nitrogen and oxygen atoms in total. The van der Waals surface area contributed by atoms with Crippen LogP contribution < -0.4 is 10.6 Å². The van der Waals surface area contributed by atoms with Gasteiger partial charge in [0, 0.05) is 12.1 Å². The van der Waals surface area contributed by atoms with Crippen molar-refractivity contribution in [3.63, 3.8) is 0 Å². The third kappa shape index (κ3) is 6.68. The van der Waals surface area contributed by atoms with Gasteiger partial charge in [-0.3, -0.25) is 9.59 Å². The molecule has 3 rings (SSSR count). The molecule has 1 amide bonds. The van der Waals surface area contributed by atoms with Crippen LogP contribution in [0.5, 0.6) is 0 Å². The number of unbranched alkanes of at least 4 members (excludes halogenated alkanes) is 1. The zero-order valence-corrected chi connectivity index (χ0v) is 16.9. The van der Waals surface area contributed by atoms with Gasteiger partial charge < -0.3 is 20.5 Å². The van der Waals surface area contributed by atoms with Crippen molar-refractivity contribution in [3.05, 3.63) is 42.5 Å². The van der Waals surface area contributed by atoms with Gasteiger partial charge in [0.15, 0.2) is 0 Å². The quantitative estimate of drug-likeness (QED) is 0.369. The van der Waals surface area contributed by atoms with Gasteiger partial charge in [-0.25, -0.2) is 0 Å². The van der Waals surface area contributed by atoms with Crippen molar-refractivity contribution in [2.75, 3.05) is 18.4 Å². The minimum absolute atomic E-state index is 0.0266. The molecule has 0 saturated carbocycles. The highest BCUT2D eigenvalue weighted by molar-refractivity contribution is 5.92. The number of para-hydroxylation sites is 1. The molecule has 2 bridgehead atoms. The molecule has 3 N–H and O–H groups in total. The summed E-state index contributed by atoms with van der Waals surface area (Å²) >= 11 is 0. The third-order valence-corrected chi connectivity index (χ3v) is 5.92. The Kier molecular flexibility index (Phi) is 8.25. The molecule has 29 heavy (non-hydrogen) atoms. The van der Waals surface area contributed by atoms with E-state index in [1.165, 1.54) is 0 Å². The Morgan fingerprint density at radius 2 is 1.86 bits per heavy atom. The Balaban J connectivity index is 1.35. The molecule has 158 valence electrons. The van der Waals surface area contributed by atoms with E-state index in [-0.39, 0.29) is 12.3 Å². The molecule has 1 aromatic carbocycles. The molecule has 0 unspecified atom stereocenters. The maximum absolute atomic E-state index is 12.0. The monoisotopic (exact) mass is 400 g/mol. The Morgan fingerprint density at radius 1 is 1.10 bits per heavy atom. The summed E-state index contributed by atoms with van der Waals surface area (Å²) in [5.41, 5.74) is 0.816. The van der Waals surface area contributed by atoms with Crippen molar-refractivity contribution in [2.45, 2.75) is 57.2 Å². The van der Waals surface area contributed by atoms with Crippen LogP contribution in [0.1, 0.15) is 44.9 Å². The number of aliphatic carboxylic acids is 1. The van der Waals surface area contributed by atoms with E-state index in [0.717, 1.165) is 44.3 Å². The van der Waals surface area contributed by atoms with Crippen molar-refractivity contribution in [2.24, 2.45) is 11.8 Å². The summed E-state index contributed by atoms with van der Waals surface area (Å²) in [4.78, 5) is 22.6. The second-order valence-electron chi connectivity index (χ2n) is 7.99. The number of nitrogens with one attached hydrogen (secondary N) is 2. The number of rotatable bonds is 12. The van der Waals surface area contributed by atoms with Gasteiger partial charge >= 0.3 is 5.97 Å². The number of allylic oxidation sites excluding steroid dienone is 2. The van der Waals surface area contributed by atoms with Crippen molar-refractivity contribution in [1.29, 1.82) is 0 Å². The number of fused-ring (bicyclic) bond motifs is 2. The number of amides is 1. The Hall–Kier alpha value is -2.18. The molecule has 2 heterocycles. The zero-order valence-electron chi connectivity index (χ0n) is 16.9. The van der Waals surface area contributed by atoms with E-state index in [1.54, 1.807) is 0 Å². The first-order valence-corrected chi connectivity index (χ1v) is 10.7. The Bertz CT molecular complexity index is 691. The molecule has 6 heteroatoms. The van der Waals surface area contributed by atoms with Crippen LogP contribution in [0.4, 0.5) is 5.69 Å². The molecule has 4 atom stereocenters. The lowest BCUT2D eigenvalue weighted by atomic mass is 9.76. The lowest BCUT2D eigenvalue weighted by Gasteiger charge is -2.27. The topological polar surface area (TPSA) is 87.7 Å². The van der Waals surface area contributed by atoms with E-state index < -0.39 is 5.97 Å². The van der Waals surface area contributed by atoms with Gasteiger partial charge in [-0.2, -0.15) is 0 Å². The number of carboxylic acid groups (broad SMARTS) is 1. The maximum Gasteiger partial charge on any atom is 0.303 e. The van der Waals surface area contributed by atoms with E-state index in [4.69, 9.17) is 9.84 Å². The van der Waals surface area contributed by atoms with Crippen LogP contribution in [-0.2, 0) is 14.3 Å². The Labute approximate surface area is 172 Å². The smallest absolute Gasteiger partial charge is 0.303 e. The summed E-state index contributed by atoms with van der Waals surface area (Å²) < 4.78 is 6.15. The lowest BCUT2D eigenvalue weighted by Crippen LogP contribution is -2.33. The fourth-order valence-corrected chi connectivity index (χ4v) is 4.54. The molecule has 0 radical (unpaired) electrons. The predicted octanol–water partition coefficient (Wildman–Crippen LogP) is 3.60. The molecule has 0 spiro atoms. The average molecular weight is 401 g/mol. The summed E-state index contributed by atoms with van der Waals surface area (Å²) in [5, 5.41) is 14.8. The second-order valence-corrected chi connectivity index (χ2v) is 7.99. The highest BCUT2D eigenvalue weighted by Crippen LogP contribution is 2.46. The van der Waals surface area contributed by atoms with Gasteiger partial charge in [0.05, 0.1) is 18.8 Å². The number of hydrogen-bond acceptors (Lipinski definition) is 4. The number of ether oxygens (including phenoxy) is 1. The molecule has 2 fully saturated rings. The third-order valence-electron chi connectivity index (χ3n) is 5.92. The van der Waals surface area contributed by atoms with Crippen LogP contribution in [-0.4, -0.2) is 42.3 Å². The number of carbonyl (C=O) groups is 2. The van der Waals surface area contributed by atoms with Crippen LogP contribution in [0.3, 0.4) is 0 Å². The van der Waals surface area contributed by atoms with Crippen LogP contribution in [0, 0.1) is 11.8 Å². The first-order valence-electron chi connectivity index (χ1n) is 10.7. The van der Waals surface area contributed by atoms with E-state index in [0.29, 0.717) is 37.0 Å². The lowest BCUT2D eigenvalue weighted by molar-refractivity contribution is -0.137. The summed E-state index contributed by atoms with van der Waals surface area (Å²) in [5.74, 6) is 0.303. The highest BCUT2D eigenvalue weighted by atomic mass is 16.5. The van der Waals surface area contributed by atoms with Gasteiger partial charge in [0.25, 0.3) is 0 Å². The van der Waals surface area contributed by atoms with Crippen LogP contribution >= 0.6 is 0 Å². The maximum atomic E-state index is 12.0. The van der Waals surface area contributed by atoms with Crippen LogP contribution in [0.15, 0.2) is 42.5 Å². The summed E-state index contributed by atoms with van der Waals surface area (Å²) in [6, 6.07) is 9.49. The summed E-state index contributed by atoms with van der Waals surface area (Å²) in [6.45, 7) is 1.11. The van der Waals surface area contributed by atoms with Gasteiger partial charge in [-0.05, 0) is 69.0 Å². The normalized spacial score (nSPS) is 25.5. The summed E-state index contributed by atoms with van der Waals surface area (Å²) in [7, 11) is 0. The number of hydrogen-bond donors (Lipinski definition) is 3. The molecule has 1 aromatic rings. The minimum atomic E-state index is -0.732. The van der Waals surface area contributed by atoms with Crippen molar-refractivity contribution in [1.82, 2.24) is 5.32 Å². The molecule has 0 aliphatic carbocycles. The first-order chi connectivity index (χ1) is 14.1. The molecule has 2 aliphatic rings. The van der Waals surface area contributed by atoms with Gasteiger partial charge in [0.1, 0.15) is 0 Å². The SMILES string of the molecule is O=C(O)CCC/C=C\C[C@@H]1[C@H](CCNCC(=O)Nc2ccccc2)[C@@H]2CC[C@H]1O2. The van der Waals surface area contributed by atoms with Crippen LogP contribution in [0.2, 0.25) is 0 Å². The number of carbonyl (C=O) groups excluding carboxylic acids is 1. The molecule has 2 saturated heterocycles. The zero-order chi connectivity index (χ0) is 20.5. The van der Waals surface area contributed by atoms with E-state index in [2.05, 4.69) is 22.8 Å². The van der Waals surface area contributed by atoms with Crippen molar-refractivity contribution < 1.29 is 19.4 Å². The minimum Gasteiger partial charge on any atom is -0.481 e. The van der Waals surface area contributed by atoms with Gasteiger partial charge in [-0.15, -0.1) is 0 Å². The second kappa shape index (κ2) is 11.1. The number of benzene rings is 1. The number of carboxylic acids is 1. The van der Waals surface area contributed by atoms with E-state index in [1.807, 2.05) is 30.3 Å². The van der Waals surface area contributed by atoms with Gasteiger partial charge in [0.2, 0.25) is 5.91 Å². The van der Waals surface area contributed by atoms with Crippen molar-refractivity contribution >= 4 is 17.6 Å². The summed E-state index contributed by atoms with van der Waals surface area (Å²) in [6.07, 6.45) is 11.0. The van der Waals surface area contributed by atoms with E-state index in [9.17, 15) is 9.59 Å². The fourth-order valence-electron chi connectivity index (χ4n) is 4.54. The first kappa shape index (κ1) is 21.5. The largest absolute Gasteiger partial charge is 0.481 e. The van der Waals surface area contributed by atoms with Crippen molar-refractivity contribution in [3.8, 4) is 0 Å². The average Bonchev–Trinajstić information content (AvgIpc) is 3.30.